The number of carbonyl (C=O) groups is 1. The molecule has 0 saturated heterocycles. The van der Waals surface area contributed by atoms with Crippen LogP contribution < -0.4 is 0 Å². The molecule has 0 atom stereocenters. The predicted molar refractivity (Wildman–Crippen MR) is 55.9 cm³/mol. The van der Waals surface area contributed by atoms with E-state index in [9.17, 15) is 4.79 Å². The van der Waals surface area contributed by atoms with Crippen molar-refractivity contribution in [1.29, 1.82) is 0 Å². The zero-order chi connectivity index (χ0) is 9.42. The first-order chi connectivity index (χ1) is 6.22. The van der Waals surface area contributed by atoms with Gasteiger partial charge in [-0.1, -0.05) is 15.9 Å². The number of halogens is 1. The van der Waals surface area contributed by atoms with Crippen LogP contribution in [-0.4, -0.2) is 24.5 Å². The lowest BCUT2D eigenvalue weighted by Crippen LogP contribution is -2.11. The Labute approximate surface area is 88.1 Å². The van der Waals surface area contributed by atoms with Gasteiger partial charge >= 0.3 is 5.97 Å². The lowest BCUT2D eigenvalue weighted by Gasteiger charge is -1.93. The van der Waals surface area contributed by atoms with Crippen LogP contribution in [0.4, 0.5) is 0 Å². The number of thioether (sulfide) groups is 1. The van der Waals surface area contributed by atoms with Crippen LogP contribution in [0.2, 0.25) is 0 Å². The molecular formula is C8H6BrNO2S. The first kappa shape index (κ1) is 9.02. The standard InChI is InChI=1S/C8H6BrNO2S/c1-12-8(11)5-2-6-7(10-5)4(9)3-13-6/h2H,3H2,1H3. The van der Waals surface area contributed by atoms with E-state index >= 15 is 0 Å². The highest BCUT2D eigenvalue weighted by Crippen LogP contribution is 2.42. The third-order valence-electron chi connectivity index (χ3n) is 1.74. The number of fused-ring (bicyclic) bond motifs is 1. The molecule has 3 nitrogen and oxygen atoms in total. The SMILES string of the molecule is COC(=O)C1=NC2=C(Br)CSC2=C1. The van der Waals surface area contributed by atoms with Gasteiger partial charge in [0.2, 0.25) is 0 Å². The Kier molecular flexibility index (Phi) is 2.29. The van der Waals surface area contributed by atoms with Gasteiger partial charge in [0, 0.05) is 15.1 Å². The number of rotatable bonds is 1. The van der Waals surface area contributed by atoms with Crippen molar-refractivity contribution >= 4 is 39.4 Å². The van der Waals surface area contributed by atoms with E-state index in [1.54, 1.807) is 17.8 Å². The van der Waals surface area contributed by atoms with Gasteiger partial charge in [0.15, 0.2) is 0 Å². The van der Waals surface area contributed by atoms with Gasteiger partial charge in [0.25, 0.3) is 0 Å². The van der Waals surface area contributed by atoms with Crippen molar-refractivity contribution in [2.24, 2.45) is 4.99 Å². The molecule has 68 valence electrons. The molecule has 0 saturated carbocycles. The van der Waals surface area contributed by atoms with Gasteiger partial charge in [-0.15, -0.1) is 11.8 Å². The van der Waals surface area contributed by atoms with Crippen LogP contribution in [0.15, 0.2) is 26.2 Å². The molecule has 0 aliphatic carbocycles. The van der Waals surface area contributed by atoms with Crippen LogP contribution in [0.3, 0.4) is 0 Å². The molecule has 2 aliphatic rings. The number of esters is 1. The summed E-state index contributed by atoms with van der Waals surface area (Å²) in [7, 11) is 1.36. The highest BCUT2D eigenvalue weighted by atomic mass is 79.9. The van der Waals surface area contributed by atoms with Crippen molar-refractivity contribution in [2.75, 3.05) is 12.9 Å². The van der Waals surface area contributed by atoms with Crippen molar-refractivity contribution in [3.8, 4) is 0 Å². The topological polar surface area (TPSA) is 38.7 Å². The minimum absolute atomic E-state index is 0.379. The highest BCUT2D eigenvalue weighted by molar-refractivity contribution is 9.12. The summed E-state index contributed by atoms with van der Waals surface area (Å²) in [6.45, 7) is 0. The maximum atomic E-state index is 11.1. The maximum Gasteiger partial charge on any atom is 0.356 e. The zero-order valence-electron chi connectivity index (χ0n) is 6.83. The highest BCUT2D eigenvalue weighted by Gasteiger charge is 2.26. The minimum Gasteiger partial charge on any atom is -0.464 e. The smallest absolute Gasteiger partial charge is 0.356 e. The predicted octanol–water partition coefficient (Wildman–Crippen LogP) is 1.85. The molecule has 0 N–H and O–H groups in total. The fraction of sp³-hybridized carbons (Fsp3) is 0.250. The fourth-order valence-corrected chi connectivity index (χ4v) is 2.82. The van der Waals surface area contributed by atoms with Gasteiger partial charge in [-0.05, 0) is 6.08 Å². The Bertz CT molecular complexity index is 370. The second-order valence-corrected chi connectivity index (χ2v) is 4.51. The largest absolute Gasteiger partial charge is 0.464 e. The Balaban J connectivity index is 2.34. The number of carbonyl (C=O) groups excluding carboxylic acids is 1. The lowest BCUT2D eigenvalue weighted by atomic mass is 10.3. The number of ether oxygens (including phenoxy) is 1. The molecule has 0 spiro atoms. The summed E-state index contributed by atoms with van der Waals surface area (Å²) in [6.07, 6.45) is 1.76. The quantitative estimate of drug-likeness (QED) is 0.675. The molecular weight excluding hydrogens is 254 g/mol. The second-order valence-electron chi connectivity index (χ2n) is 2.54. The molecule has 0 unspecified atom stereocenters. The number of aliphatic imine (C=N–C) groups is 1. The Morgan fingerprint density at radius 3 is 3.15 bits per heavy atom. The van der Waals surface area contributed by atoms with E-state index in [0.29, 0.717) is 5.71 Å². The van der Waals surface area contributed by atoms with Gasteiger partial charge in [-0.3, -0.25) is 0 Å². The molecule has 2 aliphatic heterocycles. The lowest BCUT2D eigenvalue weighted by molar-refractivity contribution is -0.132. The summed E-state index contributed by atoms with van der Waals surface area (Å²) in [5.41, 5.74) is 1.27. The van der Waals surface area contributed by atoms with Crippen molar-refractivity contribution in [3.63, 3.8) is 0 Å². The normalized spacial score (nSPS) is 19.8. The molecule has 0 aromatic rings. The van der Waals surface area contributed by atoms with Crippen LogP contribution in [-0.2, 0) is 9.53 Å². The zero-order valence-corrected chi connectivity index (χ0v) is 9.24. The summed E-state index contributed by atoms with van der Waals surface area (Å²) < 4.78 is 5.62. The van der Waals surface area contributed by atoms with E-state index in [4.69, 9.17) is 0 Å². The number of methoxy groups -OCH3 is 1. The third kappa shape index (κ3) is 1.46. The summed E-state index contributed by atoms with van der Waals surface area (Å²) in [4.78, 5) is 16.3. The molecule has 0 fully saturated rings. The summed E-state index contributed by atoms with van der Waals surface area (Å²) >= 11 is 5.07. The molecule has 0 bridgehead atoms. The number of hydrogen-bond acceptors (Lipinski definition) is 4. The minimum atomic E-state index is -0.379. The molecule has 0 radical (unpaired) electrons. The molecule has 2 heterocycles. The average Bonchev–Trinajstić information content (AvgIpc) is 2.67. The Morgan fingerprint density at radius 2 is 2.54 bits per heavy atom. The van der Waals surface area contributed by atoms with E-state index < -0.39 is 0 Å². The van der Waals surface area contributed by atoms with E-state index in [2.05, 4.69) is 25.7 Å². The molecule has 2 rings (SSSR count). The van der Waals surface area contributed by atoms with E-state index in [1.807, 2.05) is 0 Å². The van der Waals surface area contributed by atoms with Crippen molar-refractivity contribution in [3.05, 3.63) is 21.2 Å². The average molecular weight is 260 g/mol. The summed E-state index contributed by atoms with van der Waals surface area (Å²) in [6, 6.07) is 0. The van der Waals surface area contributed by atoms with Gasteiger partial charge < -0.3 is 4.74 Å². The Morgan fingerprint density at radius 1 is 1.77 bits per heavy atom. The van der Waals surface area contributed by atoms with Gasteiger partial charge in [0.1, 0.15) is 5.71 Å². The van der Waals surface area contributed by atoms with Crippen LogP contribution in [0, 0.1) is 0 Å². The molecule has 5 heteroatoms. The van der Waals surface area contributed by atoms with E-state index in [0.717, 1.165) is 20.8 Å². The second kappa shape index (κ2) is 3.31. The maximum absolute atomic E-state index is 11.1. The molecule has 13 heavy (non-hydrogen) atoms. The summed E-state index contributed by atoms with van der Waals surface area (Å²) in [5, 5.41) is 0. The van der Waals surface area contributed by atoms with Crippen LogP contribution in [0.5, 0.6) is 0 Å². The van der Waals surface area contributed by atoms with Gasteiger partial charge in [-0.2, -0.15) is 0 Å². The van der Waals surface area contributed by atoms with E-state index in [1.165, 1.54) is 7.11 Å². The van der Waals surface area contributed by atoms with Gasteiger partial charge in [0.05, 0.1) is 12.8 Å². The van der Waals surface area contributed by atoms with Crippen LogP contribution in [0.1, 0.15) is 0 Å². The summed E-state index contributed by atoms with van der Waals surface area (Å²) in [5.74, 6) is 0.523. The fourth-order valence-electron chi connectivity index (χ4n) is 1.12. The van der Waals surface area contributed by atoms with Crippen molar-refractivity contribution < 1.29 is 9.53 Å². The van der Waals surface area contributed by atoms with Crippen LogP contribution in [0.25, 0.3) is 0 Å². The monoisotopic (exact) mass is 259 g/mol. The first-order valence-electron chi connectivity index (χ1n) is 3.63. The number of nitrogens with zero attached hydrogens (tertiary/aromatic N) is 1. The van der Waals surface area contributed by atoms with Crippen molar-refractivity contribution in [1.82, 2.24) is 0 Å². The van der Waals surface area contributed by atoms with Crippen molar-refractivity contribution in [2.45, 2.75) is 0 Å². The molecule has 0 aromatic carbocycles. The first-order valence-corrected chi connectivity index (χ1v) is 5.40. The third-order valence-corrected chi connectivity index (χ3v) is 3.82. The Hall–Kier alpha value is -0.550. The van der Waals surface area contributed by atoms with E-state index in [-0.39, 0.29) is 5.97 Å². The number of hydrogen-bond donors (Lipinski definition) is 0. The van der Waals surface area contributed by atoms with Gasteiger partial charge in [-0.25, -0.2) is 9.79 Å². The molecule has 0 aromatic heterocycles. The molecule has 0 amide bonds. The van der Waals surface area contributed by atoms with Crippen LogP contribution >= 0.6 is 27.7 Å².